The molecule has 0 radical (unpaired) electrons. The van der Waals surface area contributed by atoms with Gasteiger partial charge in [-0.1, -0.05) is 6.07 Å². The molecular formula is C21H23F2NO5. The first kappa shape index (κ1) is 22.0. The van der Waals surface area contributed by atoms with Crippen molar-refractivity contribution in [2.45, 2.75) is 19.6 Å². The smallest absolute Gasteiger partial charge is 0.387 e. The molecule has 0 aliphatic rings. The van der Waals surface area contributed by atoms with E-state index >= 15 is 0 Å². The molecule has 1 amide bonds. The zero-order valence-corrected chi connectivity index (χ0v) is 16.6. The molecule has 2 rings (SSSR count). The van der Waals surface area contributed by atoms with Gasteiger partial charge >= 0.3 is 6.61 Å². The lowest BCUT2D eigenvalue weighted by Crippen LogP contribution is -2.25. The number of carbonyl (C=O) groups excluding carboxylic acids is 1. The summed E-state index contributed by atoms with van der Waals surface area (Å²) in [6, 6.07) is 9.42. The van der Waals surface area contributed by atoms with Crippen LogP contribution < -0.4 is 24.3 Å². The van der Waals surface area contributed by atoms with Crippen molar-refractivity contribution in [3.8, 4) is 23.0 Å². The third kappa shape index (κ3) is 6.10. The van der Waals surface area contributed by atoms with Crippen molar-refractivity contribution >= 4 is 12.0 Å². The van der Waals surface area contributed by atoms with Gasteiger partial charge in [0.25, 0.3) is 0 Å². The van der Waals surface area contributed by atoms with Crippen molar-refractivity contribution < 1.29 is 32.5 Å². The van der Waals surface area contributed by atoms with Gasteiger partial charge in [-0.15, -0.1) is 0 Å². The summed E-state index contributed by atoms with van der Waals surface area (Å²) < 4.78 is 44.7. The second-order valence-electron chi connectivity index (χ2n) is 5.96. The van der Waals surface area contributed by atoms with Crippen LogP contribution in [0.25, 0.3) is 6.08 Å². The van der Waals surface area contributed by atoms with Crippen LogP contribution in [0.1, 0.15) is 24.1 Å². The van der Waals surface area contributed by atoms with E-state index in [1.165, 1.54) is 25.3 Å². The zero-order chi connectivity index (χ0) is 21.4. The highest BCUT2D eigenvalue weighted by Crippen LogP contribution is 2.30. The van der Waals surface area contributed by atoms with Gasteiger partial charge in [-0.25, -0.2) is 0 Å². The van der Waals surface area contributed by atoms with Crippen LogP contribution in [-0.2, 0) is 4.79 Å². The van der Waals surface area contributed by atoms with Crippen molar-refractivity contribution in [3.05, 3.63) is 53.6 Å². The van der Waals surface area contributed by atoms with E-state index in [1.54, 1.807) is 38.5 Å². The number of alkyl halides is 2. The summed E-state index contributed by atoms with van der Waals surface area (Å²) in [5.74, 6) is 0.980. The Hall–Kier alpha value is -3.29. The minimum atomic E-state index is -2.95. The summed E-state index contributed by atoms with van der Waals surface area (Å²) in [7, 11) is 4.45. The van der Waals surface area contributed by atoms with E-state index in [4.69, 9.17) is 14.2 Å². The zero-order valence-electron chi connectivity index (χ0n) is 16.6. The quantitative estimate of drug-likeness (QED) is 0.631. The van der Waals surface area contributed by atoms with Gasteiger partial charge < -0.3 is 24.3 Å². The molecule has 0 spiro atoms. The molecule has 0 saturated heterocycles. The average Bonchev–Trinajstić information content (AvgIpc) is 2.71. The van der Waals surface area contributed by atoms with E-state index in [-0.39, 0.29) is 23.4 Å². The summed E-state index contributed by atoms with van der Waals surface area (Å²) in [4.78, 5) is 12.3. The van der Waals surface area contributed by atoms with Gasteiger partial charge in [0.05, 0.1) is 27.4 Å². The summed E-state index contributed by atoms with van der Waals surface area (Å²) in [5, 5.41) is 2.84. The molecule has 0 aromatic heterocycles. The van der Waals surface area contributed by atoms with Crippen LogP contribution in [0.2, 0.25) is 0 Å². The van der Waals surface area contributed by atoms with Crippen LogP contribution in [0.5, 0.6) is 23.0 Å². The fourth-order valence-electron chi connectivity index (χ4n) is 2.67. The van der Waals surface area contributed by atoms with Crippen LogP contribution in [0.3, 0.4) is 0 Å². The van der Waals surface area contributed by atoms with Gasteiger partial charge in [-0.3, -0.25) is 4.79 Å². The number of amides is 1. The van der Waals surface area contributed by atoms with Crippen molar-refractivity contribution in [1.29, 1.82) is 0 Å². The molecule has 0 saturated carbocycles. The lowest BCUT2D eigenvalue weighted by molar-refractivity contribution is -0.117. The Kier molecular flexibility index (Phi) is 7.82. The normalized spacial score (nSPS) is 12.0. The molecular weight excluding hydrogens is 384 g/mol. The topological polar surface area (TPSA) is 66.0 Å². The van der Waals surface area contributed by atoms with E-state index in [2.05, 4.69) is 10.1 Å². The minimum Gasteiger partial charge on any atom is -0.497 e. The maximum Gasteiger partial charge on any atom is 0.387 e. The van der Waals surface area contributed by atoms with Crippen molar-refractivity contribution in [1.82, 2.24) is 5.32 Å². The van der Waals surface area contributed by atoms with Crippen LogP contribution in [0.15, 0.2) is 42.5 Å². The third-order valence-electron chi connectivity index (χ3n) is 4.10. The maximum atomic E-state index is 12.4. The minimum absolute atomic E-state index is 0.0793. The van der Waals surface area contributed by atoms with Gasteiger partial charge in [0.15, 0.2) is 11.5 Å². The Morgan fingerprint density at radius 1 is 0.966 bits per heavy atom. The summed E-state index contributed by atoms with van der Waals surface area (Å²) in [6.45, 7) is -1.12. The molecule has 0 fully saturated rings. The first-order valence-electron chi connectivity index (χ1n) is 8.71. The second kappa shape index (κ2) is 10.3. The predicted octanol–water partition coefficient (Wildman–Crippen LogP) is 4.20. The lowest BCUT2D eigenvalue weighted by Gasteiger charge is -2.17. The Balaban J connectivity index is 2.07. The monoisotopic (exact) mass is 407 g/mol. The number of hydrogen-bond acceptors (Lipinski definition) is 5. The largest absolute Gasteiger partial charge is 0.497 e. The first-order chi connectivity index (χ1) is 13.9. The molecule has 29 heavy (non-hydrogen) atoms. The van der Waals surface area contributed by atoms with Crippen LogP contribution in [-0.4, -0.2) is 33.8 Å². The molecule has 0 heterocycles. The number of methoxy groups -OCH3 is 3. The fourth-order valence-corrected chi connectivity index (χ4v) is 2.67. The predicted molar refractivity (Wildman–Crippen MR) is 105 cm³/mol. The van der Waals surface area contributed by atoms with Crippen molar-refractivity contribution in [2.75, 3.05) is 21.3 Å². The van der Waals surface area contributed by atoms with Gasteiger partial charge in [-0.2, -0.15) is 8.78 Å². The number of ether oxygens (including phenoxy) is 4. The van der Waals surface area contributed by atoms with E-state index in [0.717, 1.165) is 5.56 Å². The molecule has 1 N–H and O–H groups in total. The van der Waals surface area contributed by atoms with Crippen molar-refractivity contribution in [3.63, 3.8) is 0 Å². The Morgan fingerprint density at radius 3 is 2.31 bits per heavy atom. The van der Waals surface area contributed by atoms with E-state index < -0.39 is 6.61 Å². The molecule has 1 unspecified atom stereocenters. The molecule has 0 aliphatic carbocycles. The number of nitrogens with one attached hydrogen (secondary N) is 1. The second-order valence-corrected chi connectivity index (χ2v) is 5.96. The highest BCUT2D eigenvalue weighted by atomic mass is 19.3. The van der Waals surface area contributed by atoms with Gasteiger partial charge in [-0.05, 0) is 42.8 Å². The maximum absolute atomic E-state index is 12.4. The summed E-state index contributed by atoms with van der Waals surface area (Å²) in [6.07, 6.45) is 2.89. The third-order valence-corrected chi connectivity index (χ3v) is 4.10. The highest BCUT2D eigenvalue weighted by Gasteiger charge is 2.14. The molecule has 8 heteroatoms. The standard InChI is InChI=1S/C21H23F2NO5/c1-13(16-8-7-15(26-2)12-18(16)27-3)24-20(25)10-6-14-5-9-17(29-21(22)23)19(11-14)28-4/h5-13,21H,1-4H3,(H,24,25)/b10-6+. The van der Waals surface area contributed by atoms with Crippen molar-refractivity contribution in [2.24, 2.45) is 0 Å². The molecule has 0 bridgehead atoms. The van der Waals surface area contributed by atoms with E-state index in [1.807, 2.05) is 13.0 Å². The number of hydrogen-bond donors (Lipinski definition) is 1. The molecule has 0 aliphatic heterocycles. The van der Waals surface area contributed by atoms with Crippen LogP contribution >= 0.6 is 0 Å². The highest BCUT2D eigenvalue weighted by molar-refractivity contribution is 5.92. The molecule has 1 atom stereocenters. The molecule has 2 aromatic carbocycles. The van der Waals surface area contributed by atoms with E-state index in [0.29, 0.717) is 17.1 Å². The van der Waals surface area contributed by atoms with Gasteiger partial charge in [0, 0.05) is 17.7 Å². The molecule has 156 valence electrons. The number of halogens is 2. The lowest BCUT2D eigenvalue weighted by atomic mass is 10.1. The number of carbonyl (C=O) groups is 1. The first-order valence-corrected chi connectivity index (χ1v) is 8.71. The van der Waals surface area contributed by atoms with Crippen LogP contribution in [0, 0.1) is 0 Å². The Labute approximate surface area is 168 Å². The van der Waals surface area contributed by atoms with E-state index in [9.17, 15) is 13.6 Å². The van der Waals surface area contributed by atoms with Gasteiger partial charge in [0.1, 0.15) is 11.5 Å². The fraction of sp³-hybridized carbons (Fsp3) is 0.286. The Morgan fingerprint density at radius 2 is 1.69 bits per heavy atom. The summed E-state index contributed by atoms with van der Waals surface area (Å²) >= 11 is 0. The number of rotatable bonds is 9. The van der Waals surface area contributed by atoms with Gasteiger partial charge in [0.2, 0.25) is 5.91 Å². The van der Waals surface area contributed by atoms with Crippen LogP contribution in [0.4, 0.5) is 8.78 Å². The number of benzene rings is 2. The summed E-state index contributed by atoms with van der Waals surface area (Å²) in [5.41, 5.74) is 1.39. The molecule has 6 nitrogen and oxygen atoms in total. The molecule has 2 aromatic rings. The SMILES string of the molecule is COc1ccc(C(C)NC(=O)/C=C/c2ccc(OC(F)F)c(OC)c2)c(OC)c1. The Bertz CT molecular complexity index is 870. The average molecular weight is 407 g/mol.